The van der Waals surface area contributed by atoms with E-state index in [1.165, 1.54) is 20.0 Å². The summed E-state index contributed by atoms with van der Waals surface area (Å²) >= 11 is 5.98. The molecule has 1 heterocycles. The van der Waals surface area contributed by atoms with E-state index in [0.29, 0.717) is 29.8 Å². The molecule has 2 rings (SSSR count). The molecule has 1 aliphatic heterocycles. The first-order valence-corrected chi connectivity index (χ1v) is 6.91. The Morgan fingerprint density at radius 3 is 3.00 bits per heavy atom. The molecule has 0 spiro atoms. The maximum Gasteiger partial charge on any atom is 0.169 e. The van der Waals surface area contributed by atoms with Crippen molar-refractivity contribution in [2.75, 3.05) is 19.5 Å². The van der Waals surface area contributed by atoms with Gasteiger partial charge in [-0.25, -0.2) is 4.39 Å². The zero-order chi connectivity index (χ0) is 13.0. The summed E-state index contributed by atoms with van der Waals surface area (Å²) in [5, 5.41) is 0. The highest BCUT2D eigenvalue weighted by atomic mass is 35.5. The molecular formula is C14H19ClFNO. The molecule has 0 saturated carbocycles. The molecule has 1 aromatic carbocycles. The summed E-state index contributed by atoms with van der Waals surface area (Å²) in [6.45, 7) is 1.61. The monoisotopic (exact) mass is 271 g/mol. The molecule has 0 aliphatic carbocycles. The standard InChI is InChI=1S/C14H19ClFNO/c1-18-13-7-4-5-11(14(13)16)10-17-8-3-2-6-12(17)9-15/h4-5,7,12H,2-3,6,8-10H2,1H3. The largest absolute Gasteiger partial charge is 0.494 e. The number of nitrogens with zero attached hydrogens (tertiary/aromatic N) is 1. The van der Waals surface area contributed by atoms with Crippen LogP contribution in [0.2, 0.25) is 0 Å². The molecule has 1 fully saturated rings. The van der Waals surface area contributed by atoms with Gasteiger partial charge in [0.2, 0.25) is 0 Å². The van der Waals surface area contributed by atoms with Crippen LogP contribution in [0.25, 0.3) is 0 Å². The third-order valence-corrected chi connectivity index (χ3v) is 3.92. The zero-order valence-corrected chi connectivity index (χ0v) is 11.4. The number of hydrogen-bond acceptors (Lipinski definition) is 2. The molecule has 1 atom stereocenters. The minimum absolute atomic E-state index is 0.251. The van der Waals surface area contributed by atoms with Crippen molar-refractivity contribution in [3.8, 4) is 5.75 Å². The van der Waals surface area contributed by atoms with Crippen LogP contribution >= 0.6 is 11.6 Å². The molecule has 0 bridgehead atoms. The van der Waals surface area contributed by atoms with Gasteiger partial charge in [-0.1, -0.05) is 18.6 Å². The zero-order valence-electron chi connectivity index (χ0n) is 10.7. The minimum atomic E-state index is -0.251. The molecule has 100 valence electrons. The fraction of sp³-hybridized carbons (Fsp3) is 0.571. The van der Waals surface area contributed by atoms with Crippen molar-refractivity contribution >= 4 is 11.6 Å². The summed E-state index contributed by atoms with van der Waals surface area (Å²) in [7, 11) is 1.49. The molecule has 0 aromatic heterocycles. The topological polar surface area (TPSA) is 12.5 Å². The van der Waals surface area contributed by atoms with E-state index in [4.69, 9.17) is 16.3 Å². The lowest BCUT2D eigenvalue weighted by atomic mass is 10.0. The number of rotatable bonds is 4. The number of ether oxygens (including phenoxy) is 1. The Bertz CT molecular complexity index is 399. The molecule has 0 N–H and O–H groups in total. The van der Waals surface area contributed by atoms with Gasteiger partial charge < -0.3 is 4.74 Å². The Morgan fingerprint density at radius 1 is 1.44 bits per heavy atom. The second-order valence-corrected chi connectivity index (χ2v) is 5.02. The van der Waals surface area contributed by atoms with Crippen LogP contribution in [-0.2, 0) is 6.54 Å². The average Bonchev–Trinajstić information content (AvgIpc) is 2.42. The highest BCUT2D eigenvalue weighted by molar-refractivity contribution is 6.18. The van der Waals surface area contributed by atoms with E-state index in [1.807, 2.05) is 12.1 Å². The smallest absolute Gasteiger partial charge is 0.169 e. The molecular weight excluding hydrogens is 253 g/mol. The van der Waals surface area contributed by atoms with Crippen molar-refractivity contribution in [3.63, 3.8) is 0 Å². The van der Waals surface area contributed by atoms with Crippen molar-refractivity contribution in [3.05, 3.63) is 29.6 Å². The molecule has 2 nitrogen and oxygen atoms in total. The third kappa shape index (κ3) is 2.96. The average molecular weight is 272 g/mol. The van der Waals surface area contributed by atoms with Crippen LogP contribution in [0.3, 0.4) is 0 Å². The lowest BCUT2D eigenvalue weighted by Gasteiger charge is -2.34. The molecule has 1 aliphatic rings. The first-order chi connectivity index (χ1) is 8.76. The van der Waals surface area contributed by atoms with Gasteiger partial charge in [-0.05, 0) is 25.5 Å². The van der Waals surface area contributed by atoms with Crippen molar-refractivity contribution in [2.45, 2.75) is 31.8 Å². The maximum atomic E-state index is 14.1. The number of benzene rings is 1. The van der Waals surface area contributed by atoms with Crippen LogP contribution in [-0.4, -0.2) is 30.5 Å². The predicted octanol–water partition coefficient (Wildman–Crippen LogP) is 3.43. The maximum absolute atomic E-state index is 14.1. The Kier molecular flexibility index (Phi) is 4.84. The fourth-order valence-electron chi connectivity index (χ4n) is 2.50. The van der Waals surface area contributed by atoms with E-state index in [-0.39, 0.29) is 5.82 Å². The van der Waals surface area contributed by atoms with E-state index in [0.717, 1.165) is 13.0 Å². The fourth-order valence-corrected chi connectivity index (χ4v) is 2.85. The van der Waals surface area contributed by atoms with Crippen LogP contribution in [0.1, 0.15) is 24.8 Å². The third-order valence-electron chi connectivity index (χ3n) is 3.56. The highest BCUT2D eigenvalue weighted by Gasteiger charge is 2.22. The normalized spacial score (nSPS) is 20.9. The number of likely N-dealkylation sites (tertiary alicyclic amines) is 1. The number of methoxy groups -OCH3 is 1. The summed E-state index contributed by atoms with van der Waals surface area (Å²) in [5.74, 6) is 0.678. The number of alkyl halides is 1. The Morgan fingerprint density at radius 2 is 2.28 bits per heavy atom. The van der Waals surface area contributed by atoms with Gasteiger partial charge in [-0.3, -0.25) is 4.90 Å². The van der Waals surface area contributed by atoms with Crippen LogP contribution in [0, 0.1) is 5.82 Å². The molecule has 1 unspecified atom stereocenters. The Hall–Kier alpha value is -0.800. The van der Waals surface area contributed by atoms with Crippen molar-refractivity contribution < 1.29 is 9.13 Å². The van der Waals surface area contributed by atoms with Gasteiger partial charge in [-0.15, -0.1) is 11.6 Å². The summed E-state index contributed by atoms with van der Waals surface area (Å²) < 4.78 is 19.1. The molecule has 1 saturated heterocycles. The summed E-state index contributed by atoms with van der Waals surface area (Å²) in [6.07, 6.45) is 3.49. The molecule has 18 heavy (non-hydrogen) atoms. The number of piperidine rings is 1. The SMILES string of the molecule is COc1cccc(CN2CCCCC2CCl)c1F. The lowest BCUT2D eigenvalue weighted by molar-refractivity contribution is 0.153. The molecule has 1 aromatic rings. The molecule has 4 heteroatoms. The highest BCUT2D eigenvalue weighted by Crippen LogP contribution is 2.25. The Labute approximate surface area is 113 Å². The quantitative estimate of drug-likeness (QED) is 0.778. The second-order valence-electron chi connectivity index (χ2n) is 4.71. The number of hydrogen-bond donors (Lipinski definition) is 0. The summed E-state index contributed by atoms with van der Waals surface area (Å²) in [5.41, 5.74) is 0.686. The van der Waals surface area contributed by atoms with Crippen molar-refractivity contribution in [2.24, 2.45) is 0 Å². The van der Waals surface area contributed by atoms with E-state index < -0.39 is 0 Å². The van der Waals surface area contributed by atoms with Crippen LogP contribution in [0.5, 0.6) is 5.75 Å². The summed E-state index contributed by atoms with van der Waals surface area (Å²) in [4.78, 5) is 2.27. The first kappa shape index (κ1) is 13.6. The van der Waals surface area contributed by atoms with Gasteiger partial charge in [0.25, 0.3) is 0 Å². The second kappa shape index (κ2) is 6.39. The molecule has 0 radical (unpaired) electrons. The first-order valence-electron chi connectivity index (χ1n) is 6.37. The van der Waals surface area contributed by atoms with Gasteiger partial charge in [0.05, 0.1) is 7.11 Å². The van der Waals surface area contributed by atoms with E-state index >= 15 is 0 Å². The van der Waals surface area contributed by atoms with Crippen LogP contribution in [0.15, 0.2) is 18.2 Å². The summed E-state index contributed by atoms with van der Waals surface area (Å²) in [6, 6.07) is 5.66. The van der Waals surface area contributed by atoms with Gasteiger partial charge in [0.15, 0.2) is 11.6 Å². The van der Waals surface area contributed by atoms with Gasteiger partial charge in [0, 0.05) is 24.0 Å². The van der Waals surface area contributed by atoms with Crippen LogP contribution in [0.4, 0.5) is 4.39 Å². The van der Waals surface area contributed by atoms with Gasteiger partial charge in [0.1, 0.15) is 0 Å². The Balaban J connectivity index is 2.12. The molecule has 0 amide bonds. The van der Waals surface area contributed by atoms with Crippen molar-refractivity contribution in [1.29, 1.82) is 0 Å². The predicted molar refractivity (Wildman–Crippen MR) is 71.7 cm³/mol. The van der Waals surface area contributed by atoms with Gasteiger partial charge >= 0.3 is 0 Å². The minimum Gasteiger partial charge on any atom is -0.494 e. The van der Waals surface area contributed by atoms with E-state index in [2.05, 4.69) is 4.90 Å². The van der Waals surface area contributed by atoms with E-state index in [1.54, 1.807) is 6.07 Å². The van der Waals surface area contributed by atoms with E-state index in [9.17, 15) is 4.39 Å². The lowest BCUT2D eigenvalue weighted by Crippen LogP contribution is -2.40. The van der Waals surface area contributed by atoms with Crippen molar-refractivity contribution in [1.82, 2.24) is 4.90 Å². The van der Waals surface area contributed by atoms with Gasteiger partial charge in [-0.2, -0.15) is 0 Å². The number of halogens is 2. The van der Waals surface area contributed by atoms with Crippen LogP contribution < -0.4 is 4.74 Å².